The maximum atomic E-state index is 12.3. The third kappa shape index (κ3) is 3.12. The topological polar surface area (TPSA) is 59.6 Å². The van der Waals surface area contributed by atoms with Crippen LogP contribution < -0.4 is 20.1 Å². The van der Waals surface area contributed by atoms with Crippen molar-refractivity contribution in [2.75, 3.05) is 18.5 Å². The highest BCUT2D eigenvalue weighted by atomic mass is 35.5. The van der Waals surface area contributed by atoms with Crippen LogP contribution in [0.15, 0.2) is 24.3 Å². The Morgan fingerprint density at radius 2 is 2.04 bits per heavy atom. The summed E-state index contributed by atoms with van der Waals surface area (Å²) in [6, 6.07) is 7.22. The van der Waals surface area contributed by atoms with Gasteiger partial charge >= 0.3 is 6.03 Å². The van der Waals surface area contributed by atoms with Crippen LogP contribution in [0.2, 0.25) is 5.02 Å². The molecule has 0 radical (unpaired) electrons. The van der Waals surface area contributed by atoms with Gasteiger partial charge in [0.05, 0.1) is 13.2 Å². The first kappa shape index (κ1) is 16.1. The molecule has 6 heteroatoms. The van der Waals surface area contributed by atoms with Gasteiger partial charge in [-0.15, -0.1) is 0 Å². The molecule has 0 spiro atoms. The fourth-order valence-electron chi connectivity index (χ4n) is 3.34. The molecule has 4 rings (SSSR count). The van der Waals surface area contributed by atoms with Gasteiger partial charge in [-0.25, -0.2) is 4.79 Å². The summed E-state index contributed by atoms with van der Waals surface area (Å²) >= 11 is 6.00. The van der Waals surface area contributed by atoms with E-state index < -0.39 is 0 Å². The standard InChI is InChI=1S/C19H19ClN2O3/c1-11-2-3-13(20)9-16(11)22-19(23)21-10-15-14-5-7-24-17(14)8-12-4-6-25-18(12)15/h2-3,8-9H,4-7,10H2,1H3,(H2,21,22,23). The summed E-state index contributed by atoms with van der Waals surface area (Å²) in [5.74, 6) is 1.83. The fourth-order valence-corrected chi connectivity index (χ4v) is 3.51. The van der Waals surface area contributed by atoms with Gasteiger partial charge in [-0.05, 0) is 30.7 Å². The van der Waals surface area contributed by atoms with Gasteiger partial charge in [-0.3, -0.25) is 0 Å². The molecule has 5 nitrogen and oxygen atoms in total. The number of amides is 2. The van der Waals surface area contributed by atoms with Crippen molar-refractivity contribution in [1.29, 1.82) is 0 Å². The van der Waals surface area contributed by atoms with Gasteiger partial charge in [0.15, 0.2) is 0 Å². The van der Waals surface area contributed by atoms with E-state index in [1.807, 2.05) is 13.0 Å². The molecule has 25 heavy (non-hydrogen) atoms. The van der Waals surface area contributed by atoms with Crippen molar-refractivity contribution in [2.45, 2.75) is 26.3 Å². The minimum atomic E-state index is -0.270. The first-order chi connectivity index (χ1) is 12.1. The van der Waals surface area contributed by atoms with Crippen molar-refractivity contribution < 1.29 is 14.3 Å². The minimum Gasteiger partial charge on any atom is -0.493 e. The molecule has 0 saturated heterocycles. The molecule has 2 aliphatic heterocycles. The smallest absolute Gasteiger partial charge is 0.319 e. The van der Waals surface area contributed by atoms with Crippen molar-refractivity contribution in [3.05, 3.63) is 51.5 Å². The number of anilines is 1. The lowest BCUT2D eigenvalue weighted by atomic mass is 9.99. The summed E-state index contributed by atoms with van der Waals surface area (Å²) in [6.45, 7) is 3.69. The zero-order valence-corrected chi connectivity index (χ0v) is 14.7. The second-order valence-corrected chi connectivity index (χ2v) is 6.72. The maximum absolute atomic E-state index is 12.3. The molecular formula is C19H19ClN2O3. The number of carbonyl (C=O) groups is 1. The van der Waals surface area contributed by atoms with Crippen molar-refractivity contribution >= 4 is 23.3 Å². The lowest BCUT2D eigenvalue weighted by molar-refractivity contribution is 0.251. The van der Waals surface area contributed by atoms with Gasteiger partial charge in [0.2, 0.25) is 0 Å². The molecule has 130 valence electrons. The minimum absolute atomic E-state index is 0.270. The Morgan fingerprint density at radius 3 is 2.92 bits per heavy atom. The Hall–Kier alpha value is -2.40. The average molecular weight is 359 g/mol. The van der Waals surface area contributed by atoms with E-state index in [9.17, 15) is 4.79 Å². The molecule has 0 bridgehead atoms. The fraction of sp³-hybridized carbons (Fsp3) is 0.316. The lowest BCUT2D eigenvalue weighted by Gasteiger charge is -2.15. The Morgan fingerprint density at radius 1 is 1.20 bits per heavy atom. The first-order valence-corrected chi connectivity index (χ1v) is 8.74. The molecule has 2 heterocycles. The number of nitrogens with one attached hydrogen (secondary N) is 2. The molecule has 0 aromatic heterocycles. The second-order valence-electron chi connectivity index (χ2n) is 6.28. The van der Waals surface area contributed by atoms with Gasteiger partial charge in [0, 0.05) is 46.8 Å². The van der Waals surface area contributed by atoms with Crippen LogP contribution in [-0.2, 0) is 19.4 Å². The number of urea groups is 1. The van der Waals surface area contributed by atoms with Gasteiger partial charge < -0.3 is 20.1 Å². The van der Waals surface area contributed by atoms with Gasteiger partial charge in [-0.2, -0.15) is 0 Å². The van der Waals surface area contributed by atoms with E-state index >= 15 is 0 Å². The van der Waals surface area contributed by atoms with Gasteiger partial charge in [-0.1, -0.05) is 17.7 Å². The number of halogens is 1. The van der Waals surface area contributed by atoms with E-state index in [0.717, 1.165) is 46.6 Å². The number of benzene rings is 2. The van der Waals surface area contributed by atoms with Crippen LogP contribution in [0.4, 0.5) is 10.5 Å². The third-order valence-electron chi connectivity index (χ3n) is 4.63. The zero-order chi connectivity index (χ0) is 17.4. The van der Waals surface area contributed by atoms with Crippen molar-refractivity contribution in [3.8, 4) is 11.5 Å². The Bertz CT molecular complexity index is 819. The predicted octanol–water partition coefficient (Wildman–Crippen LogP) is 3.84. The number of rotatable bonds is 3. The average Bonchev–Trinajstić information content (AvgIpc) is 3.23. The molecule has 0 unspecified atom stereocenters. The summed E-state index contributed by atoms with van der Waals surface area (Å²) in [5.41, 5.74) is 4.98. The highest BCUT2D eigenvalue weighted by Gasteiger charge is 2.26. The number of hydrogen-bond donors (Lipinski definition) is 2. The van der Waals surface area contributed by atoms with E-state index in [0.29, 0.717) is 30.5 Å². The summed E-state index contributed by atoms with van der Waals surface area (Å²) in [7, 11) is 0. The quantitative estimate of drug-likeness (QED) is 0.876. The van der Waals surface area contributed by atoms with Crippen LogP contribution in [0.3, 0.4) is 0 Å². The normalized spacial score (nSPS) is 14.3. The largest absolute Gasteiger partial charge is 0.493 e. The van der Waals surface area contributed by atoms with Gasteiger partial charge in [0.25, 0.3) is 0 Å². The maximum Gasteiger partial charge on any atom is 0.319 e. The van der Waals surface area contributed by atoms with E-state index in [-0.39, 0.29) is 6.03 Å². The summed E-state index contributed by atoms with van der Waals surface area (Å²) in [4.78, 5) is 12.3. The summed E-state index contributed by atoms with van der Waals surface area (Å²) in [6.07, 6.45) is 1.73. The Kier molecular flexibility index (Phi) is 4.17. The molecule has 2 amide bonds. The lowest BCUT2D eigenvalue weighted by Crippen LogP contribution is -2.29. The molecular weight excluding hydrogens is 340 g/mol. The monoisotopic (exact) mass is 358 g/mol. The number of ether oxygens (including phenoxy) is 2. The van der Waals surface area contributed by atoms with E-state index in [1.54, 1.807) is 12.1 Å². The number of hydrogen-bond acceptors (Lipinski definition) is 3. The summed E-state index contributed by atoms with van der Waals surface area (Å²) in [5, 5.41) is 6.36. The SMILES string of the molecule is Cc1ccc(Cl)cc1NC(=O)NCc1c2c(cc3c1OCC3)OCC2. The Labute approximate surface area is 151 Å². The second kappa shape index (κ2) is 6.48. The van der Waals surface area contributed by atoms with Crippen LogP contribution in [0.5, 0.6) is 11.5 Å². The molecule has 0 aliphatic carbocycles. The van der Waals surface area contributed by atoms with E-state index in [4.69, 9.17) is 21.1 Å². The van der Waals surface area contributed by atoms with E-state index in [1.165, 1.54) is 0 Å². The first-order valence-electron chi connectivity index (χ1n) is 8.36. The van der Waals surface area contributed by atoms with Crippen molar-refractivity contribution in [1.82, 2.24) is 5.32 Å². The van der Waals surface area contributed by atoms with Crippen molar-refractivity contribution in [3.63, 3.8) is 0 Å². The molecule has 2 aromatic rings. The number of aryl methyl sites for hydroxylation is 1. The molecule has 0 fully saturated rings. The van der Waals surface area contributed by atoms with Crippen LogP contribution in [-0.4, -0.2) is 19.2 Å². The van der Waals surface area contributed by atoms with Crippen LogP contribution in [0.25, 0.3) is 0 Å². The number of carbonyl (C=O) groups excluding carboxylic acids is 1. The number of fused-ring (bicyclic) bond motifs is 2. The van der Waals surface area contributed by atoms with E-state index in [2.05, 4.69) is 16.7 Å². The molecule has 0 atom stereocenters. The summed E-state index contributed by atoms with van der Waals surface area (Å²) < 4.78 is 11.5. The third-order valence-corrected chi connectivity index (χ3v) is 4.87. The highest BCUT2D eigenvalue weighted by molar-refractivity contribution is 6.31. The molecule has 2 N–H and O–H groups in total. The van der Waals surface area contributed by atoms with Crippen LogP contribution >= 0.6 is 11.6 Å². The van der Waals surface area contributed by atoms with Crippen molar-refractivity contribution in [2.24, 2.45) is 0 Å². The molecule has 2 aromatic carbocycles. The highest BCUT2D eigenvalue weighted by Crippen LogP contribution is 2.40. The Balaban J connectivity index is 1.50. The van der Waals surface area contributed by atoms with Crippen LogP contribution in [0.1, 0.15) is 22.3 Å². The van der Waals surface area contributed by atoms with Crippen LogP contribution in [0, 0.1) is 6.92 Å². The molecule has 0 saturated carbocycles. The van der Waals surface area contributed by atoms with Gasteiger partial charge in [0.1, 0.15) is 11.5 Å². The predicted molar refractivity (Wildman–Crippen MR) is 96.9 cm³/mol. The zero-order valence-electron chi connectivity index (χ0n) is 13.9. The molecule has 2 aliphatic rings.